The topological polar surface area (TPSA) is 70.6 Å². The van der Waals surface area contributed by atoms with Crippen molar-refractivity contribution < 1.29 is 5.21 Å². The van der Waals surface area contributed by atoms with E-state index in [1.807, 2.05) is 0 Å². The quantitative estimate of drug-likeness (QED) is 0.300. The van der Waals surface area contributed by atoms with Crippen molar-refractivity contribution in [2.24, 2.45) is 10.9 Å². The highest BCUT2D eigenvalue weighted by Gasteiger charge is 2.09. The lowest BCUT2D eigenvalue weighted by Gasteiger charge is -2.17. The Labute approximate surface area is 109 Å². The van der Waals surface area contributed by atoms with Crippen LogP contribution in [0, 0.1) is 0 Å². The molecule has 0 aromatic heterocycles. The minimum absolute atomic E-state index is 0.241. The summed E-state index contributed by atoms with van der Waals surface area (Å²) >= 11 is 0. The average Bonchev–Trinajstić information content (AvgIpc) is 2.43. The van der Waals surface area contributed by atoms with Crippen LogP contribution in [0.25, 0.3) is 0 Å². The summed E-state index contributed by atoms with van der Waals surface area (Å²) in [4.78, 5) is 0. The number of oxime groups is 1. The van der Waals surface area contributed by atoms with Gasteiger partial charge in [0.15, 0.2) is 0 Å². The second-order valence-corrected chi connectivity index (χ2v) is 4.40. The van der Waals surface area contributed by atoms with Crippen molar-refractivity contribution in [3.8, 4) is 0 Å². The fraction of sp³-hybridized carbons (Fsp3) is 0.500. The van der Waals surface area contributed by atoms with Gasteiger partial charge in [0.2, 0.25) is 0 Å². The Kier molecular flexibility index (Phi) is 6.22. The molecule has 0 aliphatic heterocycles. The molecule has 1 atom stereocenters. The van der Waals surface area contributed by atoms with Gasteiger partial charge in [0.1, 0.15) is 5.84 Å². The van der Waals surface area contributed by atoms with Crippen molar-refractivity contribution in [2.75, 3.05) is 0 Å². The molecular formula is C14H23N3O. The molecule has 4 nitrogen and oxygen atoms in total. The minimum atomic E-state index is 0.241. The van der Waals surface area contributed by atoms with Gasteiger partial charge in [-0.1, -0.05) is 43.3 Å². The van der Waals surface area contributed by atoms with Crippen LogP contribution in [0.1, 0.15) is 37.8 Å². The molecule has 4 heteroatoms. The Bertz CT molecular complexity index is 390. The van der Waals surface area contributed by atoms with Gasteiger partial charge in [0.05, 0.1) is 0 Å². The lowest BCUT2D eigenvalue weighted by Crippen LogP contribution is -2.33. The van der Waals surface area contributed by atoms with Gasteiger partial charge < -0.3 is 16.3 Å². The van der Waals surface area contributed by atoms with Crippen molar-refractivity contribution in [1.29, 1.82) is 0 Å². The molecule has 1 unspecified atom stereocenters. The van der Waals surface area contributed by atoms with Gasteiger partial charge in [-0.2, -0.15) is 0 Å². The molecule has 0 aliphatic rings. The van der Waals surface area contributed by atoms with Crippen LogP contribution in [0.15, 0.2) is 29.4 Å². The van der Waals surface area contributed by atoms with E-state index in [2.05, 4.69) is 48.6 Å². The molecule has 4 N–H and O–H groups in total. The Balaban J connectivity index is 2.57. The summed E-state index contributed by atoms with van der Waals surface area (Å²) < 4.78 is 0. The molecule has 1 aromatic rings. The summed E-state index contributed by atoms with van der Waals surface area (Å²) in [5.41, 5.74) is 8.22. The summed E-state index contributed by atoms with van der Waals surface area (Å²) in [6.07, 6.45) is 2.56. The number of nitrogens with zero attached hydrogens (tertiary/aromatic N) is 1. The molecule has 0 saturated heterocycles. The van der Waals surface area contributed by atoms with Gasteiger partial charge in [-0.15, -0.1) is 0 Å². The van der Waals surface area contributed by atoms with Crippen LogP contribution in [0.2, 0.25) is 0 Å². The summed E-state index contributed by atoms with van der Waals surface area (Å²) in [5.74, 6) is 0.276. The van der Waals surface area contributed by atoms with Crippen molar-refractivity contribution in [3.63, 3.8) is 0 Å². The second kappa shape index (κ2) is 7.71. The fourth-order valence-electron chi connectivity index (χ4n) is 1.98. The first kappa shape index (κ1) is 14.5. The standard InChI is InChI=1S/C14H23N3O/c1-3-11-7-5-6-8-12(11)10-16-13(4-2)9-14(15)17-18/h5-8,13,16,18H,3-4,9-10H2,1-2H3,(H2,15,17). The maximum Gasteiger partial charge on any atom is 0.140 e. The van der Waals surface area contributed by atoms with Crippen molar-refractivity contribution in [2.45, 2.75) is 45.7 Å². The molecule has 0 heterocycles. The monoisotopic (exact) mass is 249 g/mol. The van der Waals surface area contributed by atoms with E-state index >= 15 is 0 Å². The first-order valence-electron chi connectivity index (χ1n) is 6.47. The fourth-order valence-corrected chi connectivity index (χ4v) is 1.98. The molecule has 0 bridgehead atoms. The maximum absolute atomic E-state index is 8.58. The Morgan fingerprint density at radius 2 is 2.00 bits per heavy atom. The third-order valence-corrected chi connectivity index (χ3v) is 3.16. The molecule has 100 valence electrons. The number of rotatable bonds is 7. The van der Waals surface area contributed by atoms with Crippen LogP contribution >= 0.6 is 0 Å². The van der Waals surface area contributed by atoms with Crippen molar-refractivity contribution >= 4 is 5.84 Å². The van der Waals surface area contributed by atoms with E-state index < -0.39 is 0 Å². The Morgan fingerprint density at radius 1 is 1.33 bits per heavy atom. The van der Waals surface area contributed by atoms with Crippen LogP contribution in [-0.4, -0.2) is 17.1 Å². The predicted molar refractivity (Wildman–Crippen MR) is 74.8 cm³/mol. The second-order valence-electron chi connectivity index (χ2n) is 4.40. The number of benzene rings is 1. The number of nitrogens with one attached hydrogen (secondary N) is 1. The van der Waals surface area contributed by atoms with Crippen LogP contribution in [0.3, 0.4) is 0 Å². The van der Waals surface area contributed by atoms with Gasteiger partial charge >= 0.3 is 0 Å². The van der Waals surface area contributed by atoms with E-state index in [1.165, 1.54) is 11.1 Å². The van der Waals surface area contributed by atoms with E-state index in [1.54, 1.807) is 0 Å². The highest BCUT2D eigenvalue weighted by molar-refractivity contribution is 5.80. The lowest BCUT2D eigenvalue weighted by atomic mass is 10.0. The van der Waals surface area contributed by atoms with E-state index in [4.69, 9.17) is 10.9 Å². The summed E-state index contributed by atoms with van der Waals surface area (Å²) in [5, 5.41) is 15.1. The lowest BCUT2D eigenvalue weighted by molar-refractivity contribution is 0.315. The molecule has 0 spiro atoms. The summed E-state index contributed by atoms with van der Waals surface area (Å²) in [7, 11) is 0. The Morgan fingerprint density at radius 3 is 2.56 bits per heavy atom. The Hall–Kier alpha value is -1.55. The predicted octanol–water partition coefficient (Wildman–Crippen LogP) is 2.25. The first-order chi connectivity index (χ1) is 8.71. The number of aryl methyl sites for hydroxylation is 1. The third-order valence-electron chi connectivity index (χ3n) is 3.16. The number of nitrogens with two attached hydrogens (primary N) is 1. The molecular weight excluding hydrogens is 226 g/mol. The van der Waals surface area contributed by atoms with Crippen LogP contribution in [0.5, 0.6) is 0 Å². The van der Waals surface area contributed by atoms with Gasteiger partial charge in [-0.25, -0.2) is 0 Å². The molecule has 0 saturated carbocycles. The average molecular weight is 249 g/mol. The molecule has 18 heavy (non-hydrogen) atoms. The highest BCUT2D eigenvalue weighted by Crippen LogP contribution is 2.10. The number of hydrogen-bond acceptors (Lipinski definition) is 3. The zero-order chi connectivity index (χ0) is 13.4. The highest BCUT2D eigenvalue weighted by atomic mass is 16.4. The van der Waals surface area contributed by atoms with E-state index in [-0.39, 0.29) is 11.9 Å². The van der Waals surface area contributed by atoms with E-state index in [0.29, 0.717) is 6.42 Å². The summed E-state index contributed by atoms with van der Waals surface area (Å²) in [6.45, 7) is 5.07. The van der Waals surface area contributed by atoms with Crippen LogP contribution in [-0.2, 0) is 13.0 Å². The van der Waals surface area contributed by atoms with Gasteiger partial charge in [0, 0.05) is 19.0 Å². The van der Waals surface area contributed by atoms with Gasteiger partial charge in [-0.3, -0.25) is 0 Å². The number of hydrogen-bond donors (Lipinski definition) is 3. The van der Waals surface area contributed by atoms with E-state index in [0.717, 1.165) is 19.4 Å². The SMILES string of the molecule is CCc1ccccc1CNC(CC)CC(N)=NO. The smallest absolute Gasteiger partial charge is 0.140 e. The van der Waals surface area contributed by atoms with Crippen molar-refractivity contribution in [1.82, 2.24) is 5.32 Å². The first-order valence-corrected chi connectivity index (χ1v) is 6.47. The van der Waals surface area contributed by atoms with Crippen LogP contribution in [0.4, 0.5) is 0 Å². The summed E-state index contributed by atoms with van der Waals surface area (Å²) in [6, 6.07) is 8.66. The maximum atomic E-state index is 8.58. The molecule has 0 fully saturated rings. The molecule has 0 aliphatic carbocycles. The molecule has 0 radical (unpaired) electrons. The minimum Gasteiger partial charge on any atom is -0.409 e. The van der Waals surface area contributed by atoms with Crippen molar-refractivity contribution in [3.05, 3.63) is 35.4 Å². The normalized spacial score (nSPS) is 13.6. The number of amidine groups is 1. The zero-order valence-corrected chi connectivity index (χ0v) is 11.2. The van der Waals surface area contributed by atoms with Gasteiger partial charge in [0.25, 0.3) is 0 Å². The van der Waals surface area contributed by atoms with Crippen LogP contribution < -0.4 is 11.1 Å². The largest absolute Gasteiger partial charge is 0.409 e. The van der Waals surface area contributed by atoms with Gasteiger partial charge in [-0.05, 0) is 24.0 Å². The molecule has 1 rings (SSSR count). The zero-order valence-electron chi connectivity index (χ0n) is 11.2. The third kappa shape index (κ3) is 4.37. The van der Waals surface area contributed by atoms with E-state index in [9.17, 15) is 0 Å². The molecule has 0 amide bonds. The molecule has 1 aromatic carbocycles.